The quantitative estimate of drug-likeness (QED) is 0.124. The Bertz CT molecular complexity index is 1770. The van der Waals surface area contributed by atoms with Crippen molar-refractivity contribution in [3.8, 4) is 16.9 Å². The Balaban J connectivity index is 1.06. The predicted octanol–water partition coefficient (Wildman–Crippen LogP) is 9.43. The number of aryl methyl sites for hydroxylation is 1. The Kier molecular flexibility index (Phi) is 13.4. The molecule has 0 unspecified atom stereocenters. The molecule has 2 fully saturated rings. The third kappa shape index (κ3) is 10.4. The van der Waals surface area contributed by atoms with E-state index in [1.165, 1.54) is 11.1 Å². The molecule has 0 saturated heterocycles. The maximum Gasteiger partial charge on any atom is 0.230 e. The summed E-state index contributed by atoms with van der Waals surface area (Å²) >= 11 is 0. The molecule has 3 aromatic carbocycles. The molecule has 2 aliphatic carbocycles. The molecule has 2 aliphatic rings. The molecule has 53 heavy (non-hydrogen) atoms. The fourth-order valence-electron chi connectivity index (χ4n) is 8.14. The summed E-state index contributed by atoms with van der Waals surface area (Å²) < 4.78 is 13.2. The largest absolute Gasteiger partial charge is 0.496 e. The van der Waals surface area contributed by atoms with E-state index in [2.05, 4.69) is 84.7 Å². The fourth-order valence-corrected chi connectivity index (χ4v) is 8.14. The molecule has 1 aromatic heterocycles. The first-order valence-corrected chi connectivity index (χ1v) is 19.8. The van der Waals surface area contributed by atoms with Crippen LogP contribution in [0.2, 0.25) is 0 Å². The molecular weight excluding hydrogens is 661 g/mol. The molecule has 1 N–H and O–H groups in total. The zero-order valence-electron chi connectivity index (χ0n) is 32.1. The molecule has 2 saturated carbocycles. The van der Waals surface area contributed by atoms with E-state index in [1.54, 1.807) is 7.11 Å². The second-order valence-electron chi connectivity index (χ2n) is 15.5. The highest BCUT2D eigenvalue weighted by Crippen LogP contribution is 2.39. The van der Waals surface area contributed by atoms with Gasteiger partial charge in [0.25, 0.3) is 0 Å². The summed E-state index contributed by atoms with van der Waals surface area (Å²) in [5.41, 5.74) is 6.80. The van der Waals surface area contributed by atoms with Gasteiger partial charge in [-0.15, -0.1) is 0 Å². The number of nitrogens with zero attached hydrogens (tertiary/aromatic N) is 3. The smallest absolute Gasteiger partial charge is 0.230 e. The lowest BCUT2D eigenvalue weighted by atomic mass is 9.78. The van der Waals surface area contributed by atoms with Crippen LogP contribution in [0.15, 0.2) is 85.2 Å². The molecule has 8 nitrogen and oxygen atoms in total. The van der Waals surface area contributed by atoms with Crippen LogP contribution in [0.3, 0.4) is 0 Å². The average molecular weight is 719 g/mol. The fraction of sp³-hybridized carbons (Fsp3) is 0.489. The first-order valence-electron chi connectivity index (χ1n) is 19.8. The van der Waals surface area contributed by atoms with E-state index in [0.29, 0.717) is 37.9 Å². The number of anilines is 1. The zero-order chi connectivity index (χ0) is 37.2. The van der Waals surface area contributed by atoms with Crippen LogP contribution in [0, 0.1) is 18.8 Å². The molecule has 0 atom stereocenters. The Hall–Kier alpha value is -4.43. The summed E-state index contributed by atoms with van der Waals surface area (Å²) in [6.07, 6.45) is 12.8. The van der Waals surface area contributed by atoms with Crippen LogP contribution >= 0.6 is 0 Å². The van der Waals surface area contributed by atoms with Crippen molar-refractivity contribution in [2.24, 2.45) is 11.8 Å². The van der Waals surface area contributed by atoms with E-state index in [0.717, 1.165) is 86.0 Å². The lowest BCUT2D eigenvalue weighted by Crippen LogP contribution is -2.44. The van der Waals surface area contributed by atoms with Gasteiger partial charge in [-0.3, -0.25) is 14.3 Å². The van der Waals surface area contributed by atoms with Crippen molar-refractivity contribution in [3.63, 3.8) is 0 Å². The highest BCUT2D eigenvalue weighted by atomic mass is 16.5. The molecule has 6 rings (SSSR count). The van der Waals surface area contributed by atoms with Crippen LogP contribution < -0.4 is 15.0 Å². The van der Waals surface area contributed by atoms with Crippen molar-refractivity contribution < 1.29 is 19.1 Å². The summed E-state index contributed by atoms with van der Waals surface area (Å²) in [5.74, 6) is 2.14. The second-order valence-corrected chi connectivity index (χ2v) is 15.5. The van der Waals surface area contributed by atoms with Crippen LogP contribution in [-0.4, -0.2) is 47.9 Å². The number of hydrogen-bond donors (Lipinski definition) is 1. The standard InChI is InChI=1S/C45H58N4O4/c1-32(2)49-30-40(28-46-49)38-12-8-13-42(27-38)48(29-34-15-17-36(18-16-34)39-21-24-43(52-4)33(3)26-39)45(51)37-19-22-41(23-20-37)47-44(50)14-9-25-53-31-35-10-6-5-7-11-35/h5-8,10-13,21,24,26-28,30,32,34,36-37,41H,9,14-20,22-23,25,29,31H2,1-4H3,(H,47,50). The van der Waals surface area contributed by atoms with Crippen LogP contribution in [0.1, 0.15) is 107 Å². The summed E-state index contributed by atoms with van der Waals surface area (Å²) in [7, 11) is 1.73. The topological polar surface area (TPSA) is 85.7 Å². The van der Waals surface area contributed by atoms with Crippen LogP contribution in [0.5, 0.6) is 5.75 Å². The summed E-state index contributed by atoms with van der Waals surface area (Å²) in [5, 5.41) is 7.81. The SMILES string of the molecule is COc1ccc(C2CCC(CN(C(=O)C3CCC(NC(=O)CCCOCc4ccccc4)CC3)c3cccc(-c4cnn(C(C)C)c4)c3)CC2)cc1C. The summed E-state index contributed by atoms with van der Waals surface area (Å²) in [4.78, 5) is 29.4. The van der Waals surface area contributed by atoms with Crippen LogP contribution in [0.4, 0.5) is 5.69 Å². The number of benzene rings is 3. The number of methoxy groups -OCH3 is 1. The highest BCUT2D eigenvalue weighted by molar-refractivity contribution is 5.95. The van der Waals surface area contributed by atoms with Crippen LogP contribution in [0.25, 0.3) is 11.1 Å². The normalized spacial score (nSPS) is 20.2. The molecule has 0 aliphatic heterocycles. The lowest BCUT2D eigenvalue weighted by molar-refractivity contribution is -0.124. The maximum atomic E-state index is 14.5. The first-order chi connectivity index (χ1) is 25.8. The second kappa shape index (κ2) is 18.6. The number of ether oxygens (including phenoxy) is 2. The minimum atomic E-state index is -0.0551. The number of carbonyl (C=O) groups is 2. The summed E-state index contributed by atoms with van der Waals surface area (Å²) in [6.45, 7) is 8.22. The van der Waals surface area contributed by atoms with Gasteiger partial charge in [0.2, 0.25) is 11.8 Å². The van der Waals surface area contributed by atoms with Gasteiger partial charge in [0.15, 0.2) is 0 Å². The number of aromatic nitrogens is 2. The van der Waals surface area contributed by atoms with Crippen molar-refractivity contribution in [2.45, 2.75) is 110 Å². The van der Waals surface area contributed by atoms with Crippen LogP contribution in [-0.2, 0) is 20.9 Å². The molecule has 0 spiro atoms. The van der Waals surface area contributed by atoms with E-state index in [4.69, 9.17) is 9.47 Å². The van der Waals surface area contributed by atoms with Gasteiger partial charge in [0.05, 0.1) is 19.9 Å². The lowest BCUT2D eigenvalue weighted by Gasteiger charge is -2.36. The van der Waals surface area contributed by atoms with Gasteiger partial charge >= 0.3 is 0 Å². The number of rotatable bonds is 15. The third-order valence-electron chi connectivity index (χ3n) is 11.3. The maximum absolute atomic E-state index is 14.5. The van der Waals surface area contributed by atoms with Gasteiger partial charge < -0.3 is 19.7 Å². The van der Waals surface area contributed by atoms with Gasteiger partial charge in [-0.05, 0) is 131 Å². The van der Waals surface area contributed by atoms with Crippen molar-refractivity contribution in [1.29, 1.82) is 0 Å². The van der Waals surface area contributed by atoms with E-state index in [9.17, 15) is 9.59 Å². The molecule has 1 heterocycles. The molecule has 8 heteroatoms. The highest BCUT2D eigenvalue weighted by Gasteiger charge is 2.33. The van der Waals surface area contributed by atoms with Gasteiger partial charge in [0, 0.05) is 55.0 Å². The zero-order valence-corrected chi connectivity index (χ0v) is 32.1. The monoisotopic (exact) mass is 718 g/mol. The van der Waals surface area contributed by atoms with Crippen molar-refractivity contribution in [1.82, 2.24) is 15.1 Å². The molecule has 0 bridgehead atoms. The minimum absolute atomic E-state index is 0.0551. The van der Waals surface area contributed by atoms with Crippen molar-refractivity contribution in [2.75, 3.05) is 25.2 Å². The summed E-state index contributed by atoms with van der Waals surface area (Å²) in [6, 6.07) is 25.5. The van der Waals surface area contributed by atoms with Gasteiger partial charge in [-0.25, -0.2) is 0 Å². The molecular formula is C45H58N4O4. The minimum Gasteiger partial charge on any atom is -0.496 e. The van der Waals surface area contributed by atoms with Gasteiger partial charge in [0.1, 0.15) is 5.75 Å². The van der Waals surface area contributed by atoms with Gasteiger partial charge in [-0.2, -0.15) is 5.10 Å². The predicted molar refractivity (Wildman–Crippen MR) is 212 cm³/mol. The molecule has 4 aromatic rings. The van der Waals surface area contributed by atoms with Gasteiger partial charge in [-0.1, -0.05) is 54.6 Å². The van der Waals surface area contributed by atoms with Crippen molar-refractivity contribution in [3.05, 3.63) is 102 Å². The van der Waals surface area contributed by atoms with E-state index in [-0.39, 0.29) is 29.8 Å². The molecule has 282 valence electrons. The molecule has 0 radical (unpaired) electrons. The third-order valence-corrected chi connectivity index (χ3v) is 11.3. The van der Waals surface area contributed by atoms with E-state index in [1.807, 2.05) is 41.2 Å². The van der Waals surface area contributed by atoms with E-state index >= 15 is 0 Å². The Morgan fingerprint density at radius 2 is 1.68 bits per heavy atom. The number of hydrogen-bond acceptors (Lipinski definition) is 5. The van der Waals surface area contributed by atoms with E-state index < -0.39 is 0 Å². The number of carbonyl (C=O) groups excluding carboxylic acids is 2. The van der Waals surface area contributed by atoms with Crippen molar-refractivity contribution >= 4 is 17.5 Å². The Morgan fingerprint density at radius 3 is 2.38 bits per heavy atom. The first kappa shape index (κ1) is 38.3. The average Bonchev–Trinajstić information content (AvgIpc) is 3.69. The number of amides is 2. The Morgan fingerprint density at radius 1 is 0.906 bits per heavy atom. The Labute approximate surface area is 316 Å². The number of nitrogens with one attached hydrogen (secondary N) is 1. The molecule has 2 amide bonds.